The van der Waals surface area contributed by atoms with Crippen molar-refractivity contribution in [2.24, 2.45) is 0 Å². The molecule has 0 aliphatic carbocycles. The topological polar surface area (TPSA) is 29.5 Å². The Morgan fingerprint density at radius 3 is 2.62 bits per heavy atom. The lowest BCUT2D eigenvalue weighted by Gasteiger charge is -2.28. The average Bonchev–Trinajstić information content (AvgIpc) is 2.55. The number of hydrogen-bond donors (Lipinski definition) is 0. The number of ether oxygens (including phenoxy) is 1. The van der Waals surface area contributed by atoms with E-state index in [9.17, 15) is 4.79 Å². The van der Waals surface area contributed by atoms with Crippen LogP contribution in [0.5, 0.6) is 5.75 Å². The first kappa shape index (κ1) is 14.4. The van der Waals surface area contributed by atoms with Crippen molar-refractivity contribution in [3.8, 4) is 5.75 Å². The third kappa shape index (κ3) is 2.64. The van der Waals surface area contributed by atoms with Gasteiger partial charge in [0.2, 0.25) is 0 Å². The van der Waals surface area contributed by atoms with Crippen molar-refractivity contribution in [1.29, 1.82) is 0 Å². The Morgan fingerprint density at radius 1 is 1.19 bits per heavy atom. The fraction of sp³-hybridized carbons (Fsp3) is 0.353. The Hall–Kier alpha value is -1.55. The van der Waals surface area contributed by atoms with Gasteiger partial charge in [0.1, 0.15) is 5.75 Å². The molecule has 2 aromatic carbocycles. The number of carbonyl (C=O) groups is 1. The maximum atomic E-state index is 12.9. The molecule has 0 N–H and O–H groups in total. The molecule has 1 aliphatic heterocycles. The van der Waals surface area contributed by atoms with Gasteiger partial charge in [-0.1, -0.05) is 24.3 Å². The predicted molar refractivity (Wildman–Crippen MR) is 88.0 cm³/mol. The summed E-state index contributed by atoms with van der Waals surface area (Å²) in [6, 6.07) is 9.95. The van der Waals surface area contributed by atoms with Gasteiger partial charge in [-0.3, -0.25) is 4.79 Å². The van der Waals surface area contributed by atoms with Gasteiger partial charge in [-0.15, -0.1) is 0 Å². The molecule has 3 nitrogen and oxygen atoms in total. The molecule has 1 fully saturated rings. The van der Waals surface area contributed by atoms with Crippen molar-refractivity contribution >= 4 is 32.6 Å². The van der Waals surface area contributed by atoms with Gasteiger partial charge in [-0.05, 0) is 52.0 Å². The van der Waals surface area contributed by atoms with Gasteiger partial charge >= 0.3 is 0 Å². The second-order valence-electron chi connectivity index (χ2n) is 5.34. The van der Waals surface area contributed by atoms with Crippen LogP contribution in [0.2, 0.25) is 0 Å². The smallest absolute Gasteiger partial charge is 0.258 e. The molecular weight excluding hydrogens is 330 g/mol. The standard InChI is InChI=1S/C17H18BrNO2/c1-21-14-11-12-7-3-4-8-13(12)16(18)15(14)17(20)19-9-5-2-6-10-19/h3-4,7-8,11H,2,5-6,9-10H2,1H3. The minimum atomic E-state index is 0.0594. The summed E-state index contributed by atoms with van der Waals surface area (Å²) in [6.45, 7) is 1.67. The molecule has 2 aromatic rings. The maximum Gasteiger partial charge on any atom is 0.258 e. The fourth-order valence-corrected chi connectivity index (χ4v) is 3.62. The van der Waals surface area contributed by atoms with Crippen molar-refractivity contribution < 1.29 is 9.53 Å². The lowest BCUT2D eigenvalue weighted by Crippen LogP contribution is -2.36. The van der Waals surface area contributed by atoms with E-state index >= 15 is 0 Å². The normalized spacial score (nSPS) is 15.2. The van der Waals surface area contributed by atoms with E-state index < -0.39 is 0 Å². The molecule has 1 aliphatic rings. The Labute approximate surface area is 133 Å². The first-order valence-electron chi connectivity index (χ1n) is 7.27. The SMILES string of the molecule is COc1cc2ccccc2c(Br)c1C(=O)N1CCCCC1. The van der Waals surface area contributed by atoms with Crippen LogP contribution < -0.4 is 4.74 Å². The van der Waals surface area contributed by atoms with Gasteiger partial charge in [0.15, 0.2) is 0 Å². The summed E-state index contributed by atoms with van der Waals surface area (Å²) < 4.78 is 6.30. The molecule has 21 heavy (non-hydrogen) atoms. The van der Waals surface area contributed by atoms with Gasteiger partial charge in [-0.2, -0.15) is 0 Å². The number of nitrogens with zero attached hydrogens (tertiary/aromatic N) is 1. The molecule has 0 unspecified atom stereocenters. The number of fused-ring (bicyclic) bond motifs is 1. The molecule has 0 bridgehead atoms. The van der Waals surface area contributed by atoms with Gasteiger partial charge in [0, 0.05) is 17.6 Å². The van der Waals surface area contributed by atoms with E-state index in [1.807, 2.05) is 35.2 Å². The highest BCUT2D eigenvalue weighted by Crippen LogP contribution is 2.36. The number of methoxy groups -OCH3 is 1. The van der Waals surface area contributed by atoms with E-state index in [2.05, 4.69) is 15.9 Å². The number of likely N-dealkylation sites (tertiary alicyclic amines) is 1. The molecule has 1 saturated heterocycles. The minimum Gasteiger partial charge on any atom is -0.496 e. The molecule has 1 amide bonds. The summed E-state index contributed by atoms with van der Waals surface area (Å²) in [6.07, 6.45) is 3.37. The van der Waals surface area contributed by atoms with E-state index in [1.165, 1.54) is 6.42 Å². The van der Waals surface area contributed by atoms with Crippen LogP contribution in [0.3, 0.4) is 0 Å². The highest BCUT2D eigenvalue weighted by molar-refractivity contribution is 9.10. The minimum absolute atomic E-state index is 0.0594. The lowest BCUT2D eigenvalue weighted by molar-refractivity contribution is 0.0720. The Balaban J connectivity index is 2.11. The summed E-state index contributed by atoms with van der Waals surface area (Å²) in [5.74, 6) is 0.695. The average molecular weight is 348 g/mol. The Kier molecular flexibility index (Phi) is 4.15. The molecule has 3 rings (SSSR count). The zero-order valence-electron chi connectivity index (χ0n) is 12.1. The number of hydrogen-bond acceptors (Lipinski definition) is 2. The number of rotatable bonds is 2. The number of halogens is 1. The van der Waals surface area contributed by atoms with Gasteiger partial charge in [0.25, 0.3) is 5.91 Å². The van der Waals surface area contributed by atoms with Crippen LogP contribution in [0, 0.1) is 0 Å². The third-order valence-electron chi connectivity index (χ3n) is 4.03. The van der Waals surface area contributed by atoms with E-state index in [4.69, 9.17) is 4.74 Å². The molecule has 0 atom stereocenters. The van der Waals surface area contributed by atoms with Crippen molar-refractivity contribution in [3.63, 3.8) is 0 Å². The molecule has 0 radical (unpaired) electrons. The Morgan fingerprint density at radius 2 is 1.90 bits per heavy atom. The van der Waals surface area contributed by atoms with Crippen LogP contribution in [-0.4, -0.2) is 31.0 Å². The number of carbonyl (C=O) groups excluding carboxylic acids is 1. The zero-order chi connectivity index (χ0) is 14.8. The maximum absolute atomic E-state index is 12.9. The molecule has 0 saturated carbocycles. The molecule has 0 spiro atoms. The van der Waals surface area contributed by atoms with Gasteiger partial charge < -0.3 is 9.64 Å². The number of piperidine rings is 1. The molecular formula is C17H18BrNO2. The zero-order valence-corrected chi connectivity index (χ0v) is 13.6. The first-order chi connectivity index (χ1) is 10.2. The largest absolute Gasteiger partial charge is 0.496 e. The monoisotopic (exact) mass is 347 g/mol. The summed E-state index contributed by atoms with van der Waals surface area (Å²) in [5.41, 5.74) is 0.637. The fourth-order valence-electron chi connectivity index (χ4n) is 2.89. The van der Waals surface area contributed by atoms with E-state index in [1.54, 1.807) is 7.11 Å². The quantitative estimate of drug-likeness (QED) is 0.813. The summed E-state index contributed by atoms with van der Waals surface area (Å²) in [4.78, 5) is 14.8. The van der Waals surface area contributed by atoms with Crippen molar-refractivity contribution in [2.75, 3.05) is 20.2 Å². The lowest BCUT2D eigenvalue weighted by atomic mass is 10.0. The van der Waals surface area contributed by atoms with Crippen LogP contribution in [0.15, 0.2) is 34.8 Å². The van der Waals surface area contributed by atoms with Crippen molar-refractivity contribution in [3.05, 3.63) is 40.4 Å². The van der Waals surface area contributed by atoms with Crippen LogP contribution in [0.1, 0.15) is 29.6 Å². The predicted octanol–water partition coefficient (Wildman–Crippen LogP) is 4.24. The van der Waals surface area contributed by atoms with E-state index in [-0.39, 0.29) is 5.91 Å². The van der Waals surface area contributed by atoms with E-state index in [0.717, 1.165) is 41.2 Å². The number of benzene rings is 2. The Bertz CT molecular complexity index is 678. The van der Waals surface area contributed by atoms with Crippen molar-refractivity contribution in [1.82, 2.24) is 4.90 Å². The van der Waals surface area contributed by atoms with Crippen LogP contribution in [0.4, 0.5) is 0 Å². The molecule has 0 aromatic heterocycles. The summed E-state index contributed by atoms with van der Waals surface area (Å²) >= 11 is 3.61. The van der Waals surface area contributed by atoms with Gasteiger partial charge in [-0.25, -0.2) is 0 Å². The van der Waals surface area contributed by atoms with Crippen LogP contribution in [-0.2, 0) is 0 Å². The molecule has 4 heteroatoms. The second kappa shape index (κ2) is 6.06. The summed E-state index contributed by atoms with van der Waals surface area (Å²) in [7, 11) is 1.61. The molecule has 1 heterocycles. The van der Waals surface area contributed by atoms with Crippen LogP contribution >= 0.6 is 15.9 Å². The third-order valence-corrected chi connectivity index (χ3v) is 4.85. The van der Waals surface area contributed by atoms with Crippen LogP contribution in [0.25, 0.3) is 10.8 Å². The van der Waals surface area contributed by atoms with Crippen molar-refractivity contribution in [2.45, 2.75) is 19.3 Å². The number of amides is 1. The first-order valence-corrected chi connectivity index (χ1v) is 8.06. The second-order valence-corrected chi connectivity index (χ2v) is 6.13. The van der Waals surface area contributed by atoms with Gasteiger partial charge in [0.05, 0.1) is 12.7 Å². The van der Waals surface area contributed by atoms with E-state index in [0.29, 0.717) is 11.3 Å². The highest BCUT2D eigenvalue weighted by atomic mass is 79.9. The highest BCUT2D eigenvalue weighted by Gasteiger charge is 2.25. The molecule has 110 valence electrons. The summed E-state index contributed by atoms with van der Waals surface area (Å²) in [5, 5.41) is 2.11.